The molecule has 0 spiro atoms. The lowest BCUT2D eigenvalue weighted by atomic mass is 10.2. The van der Waals surface area contributed by atoms with Crippen molar-refractivity contribution in [1.82, 2.24) is 14.5 Å². The van der Waals surface area contributed by atoms with Crippen LogP contribution in [0.5, 0.6) is 0 Å². The Bertz CT molecular complexity index is 367. The molecule has 0 aromatic rings. The predicted octanol–water partition coefficient (Wildman–Crippen LogP) is -0.912. The number of nitrogens with zero attached hydrogens (tertiary/aromatic N) is 2. The summed E-state index contributed by atoms with van der Waals surface area (Å²) in [6.07, 6.45) is 1.87. The summed E-state index contributed by atoms with van der Waals surface area (Å²) in [4.78, 5) is 13.7. The van der Waals surface area contributed by atoms with Crippen LogP contribution in [0.15, 0.2) is 0 Å². The van der Waals surface area contributed by atoms with Crippen LogP contribution < -0.4 is 5.32 Å². The van der Waals surface area contributed by atoms with Gasteiger partial charge in [-0.25, -0.2) is 12.7 Å². The highest BCUT2D eigenvalue weighted by Crippen LogP contribution is 2.14. The molecule has 0 unspecified atom stereocenters. The molecule has 1 fully saturated rings. The van der Waals surface area contributed by atoms with Gasteiger partial charge in [0.1, 0.15) is 0 Å². The first-order chi connectivity index (χ1) is 7.84. The van der Waals surface area contributed by atoms with Gasteiger partial charge in [-0.3, -0.25) is 9.69 Å². The molecule has 1 atom stereocenters. The molecule has 6 nitrogen and oxygen atoms in total. The molecule has 1 aliphatic heterocycles. The molecule has 100 valence electrons. The Balaban J connectivity index is 2.34. The van der Waals surface area contributed by atoms with Crippen LogP contribution in [0.4, 0.5) is 0 Å². The van der Waals surface area contributed by atoms with E-state index >= 15 is 0 Å². The van der Waals surface area contributed by atoms with E-state index in [4.69, 9.17) is 0 Å². The zero-order valence-corrected chi connectivity index (χ0v) is 11.5. The molecule has 17 heavy (non-hydrogen) atoms. The average molecular weight is 263 g/mol. The molecule has 1 rings (SSSR count). The maximum atomic E-state index is 11.8. The van der Waals surface area contributed by atoms with Crippen molar-refractivity contribution in [2.75, 3.05) is 40.0 Å². The fourth-order valence-electron chi connectivity index (χ4n) is 1.85. The Morgan fingerprint density at radius 3 is 2.59 bits per heavy atom. The van der Waals surface area contributed by atoms with E-state index in [1.165, 1.54) is 18.4 Å². The number of hydrogen-bond donors (Lipinski definition) is 1. The standard InChI is InChI=1S/C10H21N3O3S/c1-12(2)17(15,16)8-6-11-10(14)9-5-4-7-13(9)3/h9H,4-8H2,1-3H3,(H,11,14)/t9-/m0/s1. The SMILES string of the molecule is CN1CCC[C@H]1C(=O)NCCS(=O)(=O)N(C)C. The van der Waals surface area contributed by atoms with Crippen LogP contribution in [0.1, 0.15) is 12.8 Å². The molecule has 0 aliphatic carbocycles. The Labute approximate surface area is 103 Å². The summed E-state index contributed by atoms with van der Waals surface area (Å²) in [6, 6.07) is -0.0999. The van der Waals surface area contributed by atoms with Crippen molar-refractivity contribution in [2.45, 2.75) is 18.9 Å². The minimum atomic E-state index is -3.23. The van der Waals surface area contributed by atoms with Gasteiger partial charge < -0.3 is 5.32 Å². The number of amides is 1. The number of hydrogen-bond acceptors (Lipinski definition) is 4. The van der Waals surface area contributed by atoms with E-state index in [0.29, 0.717) is 0 Å². The Kier molecular flexibility index (Phi) is 4.91. The van der Waals surface area contributed by atoms with E-state index in [0.717, 1.165) is 19.4 Å². The highest BCUT2D eigenvalue weighted by atomic mass is 32.2. The lowest BCUT2D eigenvalue weighted by molar-refractivity contribution is -0.124. The summed E-state index contributed by atoms with van der Waals surface area (Å²) >= 11 is 0. The number of nitrogens with one attached hydrogen (secondary N) is 1. The summed E-state index contributed by atoms with van der Waals surface area (Å²) in [5, 5.41) is 2.68. The molecular weight excluding hydrogens is 242 g/mol. The van der Waals surface area contributed by atoms with Gasteiger partial charge in [-0.2, -0.15) is 0 Å². The summed E-state index contributed by atoms with van der Waals surface area (Å²) in [5.74, 6) is -0.124. The molecule has 0 aromatic heterocycles. The zero-order valence-electron chi connectivity index (χ0n) is 10.6. The zero-order chi connectivity index (χ0) is 13.1. The van der Waals surface area contributed by atoms with Gasteiger partial charge in [-0.1, -0.05) is 0 Å². The molecule has 1 saturated heterocycles. The molecule has 1 aliphatic rings. The van der Waals surface area contributed by atoms with Gasteiger partial charge in [0.25, 0.3) is 0 Å². The summed E-state index contributed by atoms with van der Waals surface area (Å²) in [5.41, 5.74) is 0. The third kappa shape index (κ3) is 3.93. The molecule has 0 saturated carbocycles. The van der Waals surface area contributed by atoms with E-state index in [9.17, 15) is 13.2 Å². The van der Waals surface area contributed by atoms with Crippen molar-refractivity contribution in [3.63, 3.8) is 0 Å². The van der Waals surface area contributed by atoms with E-state index in [2.05, 4.69) is 5.32 Å². The van der Waals surface area contributed by atoms with Crippen molar-refractivity contribution in [3.8, 4) is 0 Å². The number of likely N-dealkylation sites (N-methyl/N-ethyl adjacent to an activating group) is 1. The quantitative estimate of drug-likeness (QED) is 0.697. The molecule has 1 amide bonds. The Morgan fingerprint density at radius 2 is 2.12 bits per heavy atom. The second kappa shape index (κ2) is 5.79. The number of sulfonamides is 1. The monoisotopic (exact) mass is 263 g/mol. The maximum absolute atomic E-state index is 11.8. The minimum Gasteiger partial charge on any atom is -0.354 e. The molecule has 0 bridgehead atoms. The lowest BCUT2D eigenvalue weighted by Gasteiger charge is -2.19. The molecule has 0 aromatic carbocycles. The molecule has 1 heterocycles. The van der Waals surface area contributed by atoms with Gasteiger partial charge in [0.2, 0.25) is 15.9 Å². The normalized spacial score (nSPS) is 22.0. The Morgan fingerprint density at radius 1 is 1.47 bits per heavy atom. The molecule has 0 radical (unpaired) electrons. The lowest BCUT2D eigenvalue weighted by Crippen LogP contribution is -2.43. The van der Waals surface area contributed by atoms with Crippen LogP contribution in [0.2, 0.25) is 0 Å². The minimum absolute atomic E-state index is 0.0534. The van der Waals surface area contributed by atoms with Crippen molar-refractivity contribution < 1.29 is 13.2 Å². The first kappa shape index (κ1) is 14.4. The average Bonchev–Trinajstić information content (AvgIpc) is 2.63. The summed E-state index contributed by atoms with van der Waals surface area (Å²) in [7, 11) is 1.66. The fourth-order valence-corrected chi connectivity index (χ4v) is 2.57. The predicted molar refractivity (Wildman–Crippen MR) is 66.1 cm³/mol. The highest BCUT2D eigenvalue weighted by molar-refractivity contribution is 7.89. The van der Waals surface area contributed by atoms with Gasteiger partial charge in [0.05, 0.1) is 11.8 Å². The smallest absolute Gasteiger partial charge is 0.237 e. The van der Waals surface area contributed by atoms with E-state index in [-0.39, 0.29) is 24.2 Å². The van der Waals surface area contributed by atoms with Crippen LogP contribution in [-0.4, -0.2) is 69.6 Å². The third-order valence-electron chi connectivity index (χ3n) is 3.04. The summed E-state index contributed by atoms with van der Waals surface area (Å²) < 4.78 is 24.1. The van der Waals surface area contributed by atoms with Gasteiger partial charge in [-0.15, -0.1) is 0 Å². The van der Waals surface area contributed by atoms with Crippen LogP contribution in [0.3, 0.4) is 0 Å². The molecule has 1 N–H and O–H groups in total. The van der Waals surface area contributed by atoms with Gasteiger partial charge in [0.15, 0.2) is 0 Å². The maximum Gasteiger partial charge on any atom is 0.237 e. The second-order valence-electron chi connectivity index (χ2n) is 4.53. The second-order valence-corrected chi connectivity index (χ2v) is 6.83. The van der Waals surface area contributed by atoms with E-state index < -0.39 is 10.0 Å². The number of likely N-dealkylation sites (tertiary alicyclic amines) is 1. The van der Waals surface area contributed by atoms with Crippen LogP contribution in [0, 0.1) is 0 Å². The van der Waals surface area contributed by atoms with Gasteiger partial charge in [-0.05, 0) is 26.4 Å². The Hall–Kier alpha value is -0.660. The van der Waals surface area contributed by atoms with Crippen LogP contribution in [0.25, 0.3) is 0 Å². The number of carbonyl (C=O) groups is 1. The third-order valence-corrected chi connectivity index (χ3v) is 4.87. The fraction of sp³-hybridized carbons (Fsp3) is 0.900. The topological polar surface area (TPSA) is 69.7 Å². The van der Waals surface area contributed by atoms with Gasteiger partial charge >= 0.3 is 0 Å². The number of carbonyl (C=O) groups excluding carboxylic acids is 1. The van der Waals surface area contributed by atoms with Crippen molar-refractivity contribution in [1.29, 1.82) is 0 Å². The van der Waals surface area contributed by atoms with Crippen LogP contribution >= 0.6 is 0 Å². The van der Waals surface area contributed by atoms with Crippen molar-refractivity contribution in [3.05, 3.63) is 0 Å². The largest absolute Gasteiger partial charge is 0.354 e. The summed E-state index contributed by atoms with van der Waals surface area (Å²) in [6.45, 7) is 1.10. The van der Waals surface area contributed by atoms with Crippen molar-refractivity contribution in [2.24, 2.45) is 0 Å². The van der Waals surface area contributed by atoms with Crippen LogP contribution in [-0.2, 0) is 14.8 Å². The van der Waals surface area contributed by atoms with E-state index in [1.807, 2.05) is 11.9 Å². The van der Waals surface area contributed by atoms with E-state index in [1.54, 1.807) is 0 Å². The molecular formula is C10H21N3O3S. The molecule has 7 heteroatoms. The first-order valence-corrected chi connectivity index (χ1v) is 7.33. The highest BCUT2D eigenvalue weighted by Gasteiger charge is 2.27. The number of rotatable bonds is 5. The first-order valence-electron chi connectivity index (χ1n) is 5.73. The van der Waals surface area contributed by atoms with Gasteiger partial charge in [0, 0.05) is 20.6 Å². The van der Waals surface area contributed by atoms with Crippen molar-refractivity contribution >= 4 is 15.9 Å².